The van der Waals surface area contributed by atoms with Crippen LogP contribution in [0.25, 0.3) is 0 Å². The van der Waals surface area contributed by atoms with Crippen LogP contribution in [0.2, 0.25) is 0 Å². The van der Waals surface area contributed by atoms with E-state index in [1.165, 1.54) is 12.8 Å². The van der Waals surface area contributed by atoms with E-state index in [-0.39, 0.29) is 0 Å². The summed E-state index contributed by atoms with van der Waals surface area (Å²) in [6.07, 6.45) is 4.10. The largest absolute Gasteiger partial charge is 0.393 e. The fourth-order valence-electron chi connectivity index (χ4n) is 3.18. The molecule has 22 heavy (non-hydrogen) atoms. The number of nitrogen functional groups attached to an aromatic ring is 1. The molecule has 3 heterocycles. The normalized spacial score (nSPS) is 24.5. The number of piperazine rings is 1. The van der Waals surface area contributed by atoms with Crippen molar-refractivity contribution in [3.63, 3.8) is 0 Å². The summed E-state index contributed by atoms with van der Waals surface area (Å²) in [7, 11) is 2.14. The van der Waals surface area contributed by atoms with Gasteiger partial charge in [0.25, 0.3) is 0 Å². The second-order valence-electron chi connectivity index (χ2n) is 6.56. The van der Waals surface area contributed by atoms with Crippen molar-refractivity contribution < 1.29 is 0 Å². The van der Waals surface area contributed by atoms with Crippen molar-refractivity contribution >= 4 is 17.3 Å². The number of nitrogens with two attached hydrogens (primary N) is 1. The molecule has 7 heteroatoms. The zero-order valence-electron chi connectivity index (χ0n) is 13.6. The molecule has 3 N–H and O–H groups in total. The maximum atomic E-state index is 6.34. The van der Waals surface area contributed by atoms with Gasteiger partial charge in [0.15, 0.2) is 11.6 Å². The van der Waals surface area contributed by atoms with Gasteiger partial charge in [-0.15, -0.1) is 0 Å². The summed E-state index contributed by atoms with van der Waals surface area (Å²) >= 11 is 0. The molecule has 1 atom stereocenters. The molecule has 0 aliphatic carbocycles. The van der Waals surface area contributed by atoms with Crippen LogP contribution in [0.5, 0.6) is 0 Å². The molecule has 0 bridgehead atoms. The predicted octanol–water partition coefficient (Wildman–Crippen LogP) is 0.869. The van der Waals surface area contributed by atoms with Gasteiger partial charge in [0.05, 0.1) is 0 Å². The molecule has 0 radical (unpaired) electrons. The molecule has 0 amide bonds. The highest BCUT2D eigenvalue weighted by Crippen LogP contribution is 2.29. The second-order valence-corrected chi connectivity index (χ2v) is 6.56. The number of aromatic nitrogens is 2. The van der Waals surface area contributed by atoms with Crippen molar-refractivity contribution in [2.24, 2.45) is 5.92 Å². The lowest BCUT2D eigenvalue weighted by molar-refractivity contribution is 0.178. The average molecular weight is 305 g/mol. The van der Waals surface area contributed by atoms with E-state index in [0.717, 1.165) is 50.9 Å². The quantitative estimate of drug-likeness (QED) is 0.858. The Morgan fingerprint density at radius 3 is 2.68 bits per heavy atom. The number of piperidine rings is 1. The lowest BCUT2D eigenvalue weighted by Gasteiger charge is -2.34. The minimum absolute atomic E-state index is 0.663. The molecule has 1 unspecified atom stereocenters. The first-order chi connectivity index (χ1) is 10.6. The molecular weight excluding hydrogens is 278 g/mol. The van der Waals surface area contributed by atoms with Crippen LogP contribution in [0.1, 0.15) is 19.8 Å². The Morgan fingerprint density at radius 2 is 1.95 bits per heavy atom. The Bertz CT molecular complexity index is 499. The molecule has 0 aromatic carbocycles. The van der Waals surface area contributed by atoms with Crippen LogP contribution in [0.4, 0.5) is 17.3 Å². The molecule has 2 fully saturated rings. The Hall–Kier alpha value is -1.60. The fourth-order valence-corrected chi connectivity index (χ4v) is 3.18. The maximum absolute atomic E-state index is 6.34. The molecule has 7 nitrogen and oxygen atoms in total. The van der Waals surface area contributed by atoms with Gasteiger partial charge in [-0.05, 0) is 25.8 Å². The molecule has 122 valence electrons. The lowest BCUT2D eigenvalue weighted by atomic mass is 10.0. The summed E-state index contributed by atoms with van der Waals surface area (Å²) in [4.78, 5) is 13.4. The Labute approximate surface area is 132 Å². The van der Waals surface area contributed by atoms with Gasteiger partial charge in [-0.25, -0.2) is 15.0 Å². The van der Waals surface area contributed by atoms with Crippen molar-refractivity contribution in [2.45, 2.75) is 19.8 Å². The lowest BCUT2D eigenvalue weighted by Crippen LogP contribution is -2.47. The zero-order valence-corrected chi connectivity index (χ0v) is 13.6. The highest BCUT2D eigenvalue weighted by atomic mass is 15.5. The summed E-state index contributed by atoms with van der Waals surface area (Å²) in [6, 6.07) is 0. The van der Waals surface area contributed by atoms with Gasteiger partial charge in [-0.3, -0.25) is 0 Å². The van der Waals surface area contributed by atoms with Crippen molar-refractivity contribution in [2.75, 3.05) is 62.4 Å². The van der Waals surface area contributed by atoms with Gasteiger partial charge < -0.3 is 21.0 Å². The Kier molecular flexibility index (Phi) is 4.63. The molecule has 2 aliphatic heterocycles. The first-order valence-corrected chi connectivity index (χ1v) is 8.19. The summed E-state index contributed by atoms with van der Waals surface area (Å²) in [5, 5.41) is 2.18. The molecule has 2 aliphatic rings. The van der Waals surface area contributed by atoms with Crippen LogP contribution in [0.3, 0.4) is 0 Å². The summed E-state index contributed by atoms with van der Waals surface area (Å²) in [5.41, 5.74) is 10.4. The van der Waals surface area contributed by atoms with Gasteiger partial charge in [-0.2, -0.15) is 0 Å². The number of likely N-dealkylation sites (N-methyl/N-ethyl adjacent to an activating group) is 1. The SMILES string of the molecule is CC1CCCN(c2ncnc(NN3CCN(C)CC3)c2N)C1. The van der Waals surface area contributed by atoms with Crippen LogP contribution in [0.15, 0.2) is 6.33 Å². The maximum Gasteiger partial charge on any atom is 0.169 e. The van der Waals surface area contributed by atoms with Crippen molar-refractivity contribution in [3.05, 3.63) is 6.33 Å². The minimum Gasteiger partial charge on any atom is -0.393 e. The van der Waals surface area contributed by atoms with Gasteiger partial charge in [0.2, 0.25) is 0 Å². The van der Waals surface area contributed by atoms with E-state index in [0.29, 0.717) is 11.6 Å². The number of hydrazine groups is 1. The smallest absolute Gasteiger partial charge is 0.169 e. The molecular formula is C15H27N7. The van der Waals surface area contributed by atoms with E-state index in [4.69, 9.17) is 5.73 Å². The number of hydrogen-bond donors (Lipinski definition) is 2. The predicted molar refractivity (Wildman–Crippen MR) is 89.7 cm³/mol. The van der Waals surface area contributed by atoms with Crippen molar-refractivity contribution in [1.29, 1.82) is 0 Å². The molecule has 0 spiro atoms. The van der Waals surface area contributed by atoms with Crippen LogP contribution < -0.4 is 16.1 Å². The number of hydrogen-bond acceptors (Lipinski definition) is 7. The zero-order chi connectivity index (χ0) is 15.5. The molecule has 1 aromatic rings. The van der Waals surface area contributed by atoms with Gasteiger partial charge in [0.1, 0.15) is 12.0 Å². The summed E-state index contributed by atoms with van der Waals surface area (Å²) in [5.74, 6) is 2.29. The van der Waals surface area contributed by atoms with E-state index in [2.05, 4.69) is 44.2 Å². The van der Waals surface area contributed by atoms with E-state index >= 15 is 0 Å². The third-order valence-electron chi connectivity index (χ3n) is 4.59. The van der Waals surface area contributed by atoms with Crippen LogP contribution in [-0.4, -0.2) is 66.2 Å². The molecule has 1 aromatic heterocycles. The number of nitrogens with one attached hydrogen (secondary N) is 1. The van der Waals surface area contributed by atoms with Gasteiger partial charge in [-0.1, -0.05) is 6.92 Å². The molecule has 3 rings (SSSR count). The third-order valence-corrected chi connectivity index (χ3v) is 4.59. The summed E-state index contributed by atoms with van der Waals surface area (Å²) in [6.45, 7) is 8.37. The van der Waals surface area contributed by atoms with Gasteiger partial charge >= 0.3 is 0 Å². The Balaban J connectivity index is 1.71. The van der Waals surface area contributed by atoms with Crippen LogP contribution >= 0.6 is 0 Å². The Morgan fingerprint density at radius 1 is 1.18 bits per heavy atom. The molecule has 0 saturated carbocycles. The second kappa shape index (κ2) is 6.66. The van der Waals surface area contributed by atoms with Crippen LogP contribution in [-0.2, 0) is 0 Å². The highest BCUT2D eigenvalue weighted by molar-refractivity contribution is 5.74. The van der Waals surface area contributed by atoms with E-state index in [9.17, 15) is 0 Å². The minimum atomic E-state index is 0.663. The van der Waals surface area contributed by atoms with Crippen LogP contribution in [0, 0.1) is 5.92 Å². The van der Waals surface area contributed by atoms with Crippen molar-refractivity contribution in [1.82, 2.24) is 19.9 Å². The first kappa shape index (κ1) is 15.3. The van der Waals surface area contributed by atoms with E-state index in [1.54, 1.807) is 6.33 Å². The number of rotatable bonds is 3. The standard InChI is InChI=1S/C15H27N7/c1-12-4-3-5-21(10-12)15-13(16)14(17-11-18-15)19-22-8-6-20(2)7-9-22/h11-12H,3-10,16H2,1-2H3,(H,17,18,19). The van der Waals surface area contributed by atoms with E-state index in [1.807, 2.05) is 0 Å². The fraction of sp³-hybridized carbons (Fsp3) is 0.733. The first-order valence-electron chi connectivity index (χ1n) is 8.19. The average Bonchev–Trinajstić information content (AvgIpc) is 2.51. The van der Waals surface area contributed by atoms with Gasteiger partial charge in [0, 0.05) is 39.3 Å². The number of anilines is 3. The monoisotopic (exact) mass is 305 g/mol. The number of nitrogens with zero attached hydrogens (tertiary/aromatic N) is 5. The van der Waals surface area contributed by atoms with E-state index < -0.39 is 0 Å². The summed E-state index contributed by atoms with van der Waals surface area (Å²) < 4.78 is 0. The topological polar surface area (TPSA) is 73.6 Å². The third kappa shape index (κ3) is 3.41. The van der Waals surface area contributed by atoms with Crippen molar-refractivity contribution in [3.8, 4) is 0 Å². The highest BCUT2D eigenvalue weighted by Gasteiger charge is 2.22. The molecule has 2 saturated heterocycles.